The maximum absolute atomic E-state index is 13.1. The molecule has 2 aliphatic heterocycles. The summed E-state index contributed by atoms with van der Waals surface area (Å²) in [4.78, 5) is 15.5. The molecule has 5 aliphatic rings. The van der Waals surface area contributed by atoms with Gasteiger partial charge in [0.25, 0.3) is 0 Å². The summed E-state index contributed by atoms with van der Waals surface area (Å²) >= 11 is 0. The molecule has 6 unspecified atom stereocenters. The van der Waals surface area contributed by atoms with Crippen LogP contribution in [-0.2, 0) is 4.79 Å². The number of hydrogen-bond donors (Lipinski definition) is 5. The maximum Gasteiger partial charge on any atom is 0.237 e. The second kappa shape index (κ2) is 8.87. The first-order chi connectivity index (χ1) is 14.6. The number of amides is 1. The molecule has 3 aliphatic carbocycles. The molecule has 2 heterocycles. The molecule has 0 bridgehead atoms. The highest BCUT2D eigenvalue weighted by Crippen LogP contribution is 2.41. The van der Waals surface area contributed by atoms with E-state index in [-0.39, 0.29) is 11.9 Å². The molecule has 7 nitrogen and oxygen atoms in total. The summed E-state index contributed by atoms with van der Waals surface area (Å²) in [6.07, 6.45) is 12.6. The van der Waals surface area contributed by atoms with Crippen LogP contribution < -0.4 is 26.8 Å². The topological polar surface area (TPSA) is 80.5 Å². The van der Waals surface area contributed by atoms with Gasteiger partial charge >= 0.3 is 0 Å². The second-order valence-electron chi connectivity index (χ2n) is 10.4. The fourth-order valence-corrected chi connectivity index (χ4v) is 6.28. The lowest BCUT2D eigenvalue weighted by molar-refractivity contribution is -0.125. The molecule has 4 fully saturated rings. The highest BCUT2D eigenvalue weighted by atomic mass is 16.2. The molecule has 1 amide bonds. The standard InChI is InChI=1S/C23H40N6O/c1-14-11-20(27-21(25-14)15-9-10-15)23(30)26-17-6-3-5-16(12-17)18-7-4-8-19(18)22-28-24-13-29(22)2/h14-17,20-22,24-25,27-28H,3-13H2,1-2H3,(H,26,30). The van der Waals surface area contributed by atoms with Gasteiger partial charge in [-0.1, -0.05) is 12.0 Å². The maximum atomic E-state index is 13.1. The smallest absolute Gasteiger partial charge is 0.237 e. The van der Waals surface area contributed by atoms with E-state index in [2.05, 4.69) is 45.7 Å². The third kappa shape index (κ3) is 4.46. The Morgan fingerprint density at radius 2 is 1.87 bits per heavy atom. The van der Waals surface area contributed by atoms with Crippen LogP contribution in [-0.4, -0.2) is 55.0 Å². The van der Waals surface area contributed by atoms with Crippen LogP contribution >= 0.6 is 0 Å². The van der Waals surface area contributed by atoms with Crippen molar-refractivity contribution in [3.63, 3.8) is 0 Å². The zero-order valence-electron chi connectivity index (χ0n) is 18.7. The third-order valence-corrected chi connectivity index (χ3v) is 8.00. The number of hydrogen-bond acceptors (Lipinski definition) is 6. The van der Waals surface area contributed by atoms with Gasteiger partial charge in [-0.25, -0.2) is 10.9 Å². The van der Waals surface area contributed by atoms with Crippen molar-refractivity contribution in [1.29, 1.82) is 0 Å². The van der Waals surface area contributed by atoms with Crippen LogP contribution in [0.3, 0.4) is 0 Å². The molecule has 0 spiro atoms. The molecular formula is C23H40N6O. The van der Waals surface area contributed by atoms with E-state index in [1.807, 2.05) is 0 Å². The summed E-state index contributed by atoms with van der Waals surface area (Å²) < 4.78 is 0. The van der Waals surface area contributed by atoms with E-state index >= 15 is 0 Å². The van der Waals surface area contributed by atoms with Crippen molar-refractivity contribution in [2.45, 2.75) is 102 Å². The number of carbonyl (C=O) groups is 1. The predicted octanol–water partition coefficient (Wildman–Crippen LogP) is 1.54. The SMILES string of the molecule is CC1CC(C(=O)NC2CCCC(C3=C(C4NNCN4C)CCC3)C2)NC(C2CC2)N1. The third-order valence-electron chi connectivity index (χ3n) is 8.00. The van der Waals surface area contributed by atoms with Gasteiger partial charge in [0, 0.05) is 12.1 Å². The molecular weight excluding hydrogens is 376 g/mol. The molecule has 5 N–H and O–H groups in total. The zero-order chi connectivity index (χ0) is 20.7. The van der Waals surface area contributed by atoms with E-state index in [0.29, 0.717) is 36.3 Å². The lowest BCUT2D eigenvalue weighted by atomic mass is 9.79. The van der Waals surface area contributed by atoms with Gasteiger partial charge in [0.05, 0.1) is 25.0 Å². The number of likely N-dealkylation sites (N-methyl/N-ethyl adjacent to an activating group) is 1. The summed E-state index contributed by atoms with van der Waals surface area (Å²) in [6, 6.07) is 0.683. The summed E-state index contributed by atoms with van der Waals surface area (Å²) in [5.74, 6) is 1.57. The molecule has 2 saturated heterocycles. The summed E-state index contributed by atoms with van der Waals surface area (Å²) in [7, 11) is 2.19. The predicted molar refractivity (Wildman–Crippen MR) is 118 cm³/mol. The van der Waals surface area contributed by atoms with Crippen LogP contribution in [0.25, 0.3) is 0 Å². The normalized spacial score (nSPS) is 40.7. The van der Waals surface area contributed by atoms with Crippen molar-refractivity contribution < 1.29 is 4.79 Å². The van der Waals surface area contributed by atoms with E-state index in [1.165, 1.54) is 44.9 Å². The van der Waals surface area contributed by atoms with E-state index in [1.54, 1.807) is 11.1 Å². The first-order valence-electron chi connectivity index (χ1n) is 12.3. The molecule has 0 aromatic heterocycles. The van der Waals surface area contributed by atoms with Crippen molar-refractivity contribution in [3.05, 3.63) is 11.1 Å². The van der Waals surface area contributed by atoms with E-state index in [4.69, 9.17) is 0 Å². The van der Waals surface area contributed by atoms with Gasteiger partial charge in [-0.2, -0.15) is 0 Å². The van der Waals surface area contributed by atoms with Crippen molar-refractivity contribution >= 4 is 5.91 Å². The first kappa shape index (κ1) is 20.9. The Balaban J connectivity index is 1.21. The van der Waals surface area contributed by atoms with E-state index < -0.39 is 0 Å². The Morgan fingerprint density at radius 1 is 1.03 bits per heavy atom. The van der Waals surface area contributed by atoms with Crippen molar-refractivity contribution in [2.75, 3.05) is 13.7 Å². The number of hydrazine groups is 1. The highest BCUT2D eigenvalue weighted by molar-refractivity contribution is 5.82. The van der Waals surface area contributed by atoms with Gasteiger partial charge in [-0.15, -0.1) is 0 Å². The van der Waals surface area contributed by atoms with Crippen molar-refractivity contribution in [3.8, 4) is 0 Å². The average molecular weight is 417 g/mol. The summed E-state index contributed by atoms with van der Waals surface area (Å²) in [6.45, 7) is 3.11. The average Bonchev–Trinajstić information content (AvgIpc) is 3.33. The van der Waals surface area contributed by atoms with Crippen LogP contribution in [0.15, 0.2) is 11.1 Å². The van der Waals surface area contributed by atoms with Gasteiger partial charge < -0.3 is 5.32 Å². The van der Waals surface area contributed by atoms with Crippen LogP contribution in [0.1, 0.15) is 71.1 Å². The van der Waals surface area contributed by atoms with Crippen LogP contribution in [0.4, 0.5) is 0 Å². The first-order valence-corrected chi connectivity index (χ1v) is 12.3. The molecule has 0 aromatic rings. The van der Waals surface area contributed by atoms with Crippen molar-refractivity contribution in [1.82, 2.24) is 31.7 Å². The molecule has 5 rings (SSSR count). The molecule has 30 heavy (non-hydrogen) atoms. The molecule has 6 atom stereocenters. The van der Waals surface area contributed by atoms with Crippen LogP contribution in [0.2, 0.25) is 0 Å². The number of rotatable bonds is 5. The van der Waals surface area contributed by atoms with E-state index in [9.17, 15) is 4.79 Å². The number of carbonyl (C=O) groups excluding carboxylic acids is 1. The van der Waals surface area contributed by atoms with Gasteiger partial charge in [0.2, 0.25) is 5.91 Å². The fraction of sp³-hybridized carbons (Fsp3) is 0.870. The largest absolute Gasteiger partial charge is 0.352 e. The Bertz CT molecular complexity index is 677. The summed E-state index contributed by atoms with van der Waals surface area (Å²) in [5.41, 5.74) is 10.0. The van der Waals surface area contributed by atoms with Gasteiger partial charge in [0.1, 0.15) is 0 Å². The van der Waals surface area contributed by atoms with Gasteiger partial charge in [0.15, 0.2) is 0 Å². The minimum absolute atomic E-state index is 0.0455. The summed E-state index contributed by atoms with van der Waals surface area (Å²) in [5, 5.41) is 10.7. The Labute approximate surface area is 181 Å². The number of nitrogens with zero attached hydrogens (tertiary/aromatic N) is 1. The Morgan fingerprint density at radius 3 is 2.63 bits per heavy atom. The molecule has 0 aromatic carbocycles. The van der Waals surface area contributed by atoms with Gasteiger partial charge in [-0.3, -0.25) is 20.3 Å². The molecule has 2 saturated carbocycles. The lowest BCUT2D eigenvalue weighted by Crippen LogP contribution is -2.63. The lowest BCUT2D eigenvalue weighted by Gasteiger charge is -2.37. The number of nitrogens with one attached hydrogen (secondary N) is 5. The Hall–Kier alpha value is -0.990. The molecule has 0 radical (unpaired) electrons. The monoisotopic (exact) mass is 416 g/mol. The quantitative estimate of drug-likeness (QED) is 0.438. The van der Waals surface area contributed by atoms with Crippen molar-refractivity contribution in [2.24, 2.45) is 11.8 Å². The Kier molecular flexibility index (Phi) is 6.17. The molecule has 168 valence electrons. The highest BCUT2D eigenvalue weighted by Gasteiger charge is 2.39. The van der Waals surface area contributed by atoms with Gasteiger partial charge in [-0.05, 0) is 89.2 Å². The van der Waals surface area contributed by atoms with Crippen LogP contribution in [0, 0.1) is 11.8 Å². The minimum Gasteiger partial charge on any atom is -0.352 e. The zero-order valence-corrected chi connectivity index (χ0v) is 18.7. The number of allylic oxidation sites excluding steroid dienone is 1. The van der Waals surface area contributed by atoms with Crippen LogP contribution in [0.5, 0.6) is 0 Å². The second-order valence-corrected chi connectivity index (χ2v) is 10.4. The fourth-order valence-electron chi connectivity index (χ4n) is 6.28. The molecule has 7 heteroatoms. The van der Waals surface area contributed by atoms with E-state index in [0.717, 1.165) is 25.9 Å². The minimum atomic E-state index is -0.0455.